The first-order chi connectivity index (χ1) is 19.7. The Hall–Kier alpha value is -4.47. The van der Waals surface area contributed by atoms with Crippen LogP contribution >= 0.6 is 0 Å². The smallest absolute Gasteiger partial charge is 0.264 e. The summed E-state index contributed by atoms with van der Waals surface area (Å²) in [7, 11) is 3.14. The SMILES string of the molecule is COc1ccc(C(=O)Nc2ccc3c(c2)[C@](O)([C@@H](C)/C=C/CC(=O)N(CCO)Cc2ccccc2)C(=O)N3C)cc1. The van der Waals surface area contributed by atoms with Crippen LogP contribution in [0.2, 0.25) is 0 Å². The average molecular weight is 558 g/mol. The van der Waals surface area contributed by atoms with Crippen molar-refractivity contribution in [3.8, 4) is 5.75 Å². The molecule has 0 saturated heterocycles. The molecule has 0 spiro atoms. The van der Waals surface area contributed by atoms with Gasteiger partial charge in [-0.05, 0) is 48.0 Å². The number of aliphatic hydroxyl groups excluding tert-OH is 1. The normalized spacial score (nSPS) is 16.9. The molecular formula is C32H35N3O6. The fourth-order valence-corrected chi connectivity index (χ4v) is 4.94. The number of carbonyl (C=O) groups excluding carboxylic acids is 3. The number of amides is 3. The van der Waals surface area contributed by atoms with Gasteiger partial charge in [0.25, 0.3) is 11.8 Å². The summed E-state index contributed by atoms with van der Waals surface area (Å²) in [6.45, 7) is 2.12. The molecule has 0 fully saturated rings. The lowest BCUT2D eigenvalue weighted by Crippen LogP contribution is -2.43. The van der Waals surface area contributed by atoms with E-state index in [-0.39, 0.29) is 31.4 Å². The molecule has 1 aliphatic heterocycles. The molecule has 3 aromatic carbocycles. The second kappa shape index (κ2) is 12.8. The predicted octanol–water partition coefficient (Wildman–Crippen LogP) is 3.72. The maximum atomic E-state index is 13.3. The molecule has 0 saturated carbocycles. The predicted molar refractivity (Wildman–Crippen MR) is 157 cm³/mol. The molecule has 3 aromatic rings. The van der Waals surface area contributed by atoms with Crippen LogP contribution < -0.4 is 15.0 Å². The number of hydrogen-bond acceptors (Lipinski definition) is 6. The monoisotopic (exact) mass is 557 g/mol. The van der Waals surface area contributed by atoms with Gasteiger partial charge in [0, 0.05) is 49.3 Å². The summed E-state index contributed by atoms with van der Waals surface area (Å²) in [5.74, 6) is -1.08. The van der Waals surface area contributed by atoms with Gasteiger partial charge in [-0.15, -0.1) is 0 Å². The summed E-state index contributed by atoms with van der Waals surface area (Å²) in [6.07, 6.45) is 3.34. The lowest BCUT2D eigenvalue weighted by molar-refractivity contribution is -0.139. The van der Waals surface area contributed by atoms with Gasteiger partial charge in [0.05, 0.1) is 19.4 Å². The Bertz CT molecular complexity index is 1420. The van der Waals surface area contributed by atoms with Gasteiger partial charge >= 0.3 is 0 Å². The molecule has 1 heterocycles. The van der Waals surface area contributed by atoms with E-state index in [1.807, 2.05) is 30.3 Å². The van der Waals surface area contributed by atoms with Crippen LogP contribution in [0.5, 0.6) is 5.75 Å². The van der Waals surface area contributed by atoms with Gasteiger partial charge in [-0.25, -0.2) is 0 Å². The highest BCUT2D eigenvalue weighted by Crippen LogP contribution is 2.45. The molecule has 1 aliphatic rings. The number of likely N-dealkylation sites (N-methyl/N-ethyl adjacent to an activating group) is 1. The van der Waals surface area contributed by atoms with Crippen molar-refractivity contribution in [1.82, 2.24) is 4.90 Å². The van der Waals surface area contributed by atoms with E-state index in [2.05, 4.69) is 5.32 Å². The van der Waals surface area contributed by atoms with E-state index >= 15 is 0 Å². The Morgan fingerprint density at radius 1 is 1.10 bits per heavy atom. The average Bonchev–Trinajstić information content (AvgIpc) is 3.18. The fraction of sp³-hybridized carbons (Fsp3) is 0.281. The minimum Gasteiger partial charge on any atom is -0.497 e. The highest BCUT2D eigenvalue weighted by molar-refractivity contribution is 6.08. The van der Waals surface area contributed by atoms with Crippen molar-refractivity contribution in [2.45, 2.75) is 25.5 Å². The van der Waals surface area contributed by atoms with Crippen molar-refractivity contribution < 1.29 is 29.3 Å². The van der Waals surface area contributed by atoms with Gasteiger partial charge in [0.2, 0.25) is 5.91 Å². The van der Waals surface area contributed by atoms with E-state index in [4.69, 9.17) is 4.74 Å². The van der Waals surface area contributed by atoms with E-state index < -0.39 is 17.4 Å². The number of aliphatic hydroxyl groups is 2. The van der Waals surface area contributed by atoms with Gasteiger partial charge in [-0.2, -0.15) is 0 Å². The number of nitrogens with one attached hydrogen (secondary N) is 1. The second-order valence-corrected chi connectivity index (χ2v) is 9.99. The van der Waals surface area contributed by atoms with Crippen LogP contribution in [0.3, 0.4) is 0 Å². The first-order valence-electron chi connectivity index (χ1n) is 13.4. The maximum Gasteiger partial charge on any atom is 0.264 e. The number of rotatable bonds is 11. The molecule has 3 N–H and O–H groups in total. The minimum absolute atomic E-state index is 0.0437. The molecule has 9 nitrogen and oxygen atoms in total. The lowest BCUT2D eigenvalue weighted by Gasteiger charge is -2.27. The Labute approximate surface area is 239 Å². The third kappa shape index (κ3) is 6.32. The van der Waals surface area contributed by atoms with Crippen LogP contribution in [0, 0.1) is 5.92 Å². The first-order valence-corrected chi connectivity index (χ1v) is 13.4. The van der Waals surface area contributed by atoms with Crippen molar-refractivity contribution in [1.29, 1.82) is 0 Å². The number of benzene rings is 3. The highest BCUT2D eigenvalue weighted by atomic mass is 16.5. The number of anilines is 2. The van der Waals surface area contributed by atoms with E-state index in [9.17, 15) is 24.6 Å². The van der Waals surface area contributed by atoms with Gasteiger partial charge in [0.1, 0.15) is 5.75 Å². The summed E-state index contributed by atoms with van der Waals surface area (Å²) in [6, 6.07) is 21.1. The largest absolute Gasteiger partial charge is 0.497 e. The zero-order chi connectivity index (χ0) is 29.6. The van der Waals surface area contributed by atoms with Crippen LogP contribution in [0.25, 0.3) is 0 Å². The maximum absolute atomic E-state index is 13.3. The third-order valence-electron chi connectivity index (χ3n) is 7.32. The summed E-state index contributed by atoms with van der Waals surface area (Å²) in [4.78, 5) is 42.0. The van der Waals surface area contributed by atoms with Crippen LogP contribution in [-0.2, 0) is 21.7 Å². The zero-order valence-electron chi connectivity index (χ0n) is 23.4. The molecule has 0 aromatic heterocycles. The van der Waals surface area contributed by atoms with Gasteiger partial charge in [-0.3, -0.25) is 14.4 Å². The number of hydrogen-bond donors (Lipinski definition) is 3. The van der Waals surface area contributed by atoms with Crippen LogP contribution in [0.15, 0.2) is 84.9 Å². The van der Waals surface area contributed by atoms with Gasteiger partial charge < -0.3 is 30.1 Å². The van der Waals surface area contributed by atoms with E-state index in [1.54, 1.807) is 80.6 Å². The van der Waals surface area contributed by atoms with Crippen LogP contribution in [-0.4, -0.2) is 60.1 Å². The summed E-state index contributed by atoms with van der Waals surface area (Å²) < 4.78 is 5.14. The van der Waals surface area contributed by atoms with Crippen LogP contribution in [0.4, 0.5) is 11.4 Å². The van der Waals surface area contributed by atoms with Gasteiger partial charge in [0.15, 0.2) is 5.60 Å². The molecular weight excluding hydrogens is 522 g/mol. The minimum atomic E-state index is -1.89. The first kappa shape index (κ1) is 29.5. The molecule has 4 rings (SSSR count). The van der Waals surface area contributed by atoms with E-state index in [0.29, 0.717) is 34.8 Å². The van der Waals surface area contributed by atoms with Crippen molar-refractivity contribution >= 4 is 29.1 Å². The lowest BCUT2D eigenvalue weighted by atomic mass is 9.82. The molecule has 41 heavy (non-hydrogen) atoms. The molecule has 2 atom stereocenters. The highest BCUT2D eigenvalue weighted by Gasteiger charge is 2.51. The molecule has 0 bridgehead atoms. The van der Waals surface area contributed by atoms with Gasteiger partial charge in [-0.1, -0.05) is 49.4 Å². The topological polar surface area (TPSA) is 119 Å². The third-order valence-corrected chi connectivity index (χ3v) is 7.32. The quantitative estimate of drug-likeness (QED) is 0.309. The van der Waals surface area contributed by atoms with E-state index in [1.165, 1.54) is 4.90 Å². The molecule has 3 amide bonds. The Morgan fingerprint density at radius 3 is 2.46 bits per heavy atom. The second-order valence-electron chi connectivity index (χ2n) is 9.99. The summed E-state index contributed by atoms with van der Waals surface area (Å²) in [5, 5.41) is 24.0. The number of carbonyl (C=O) groups is 3. The zero-order valence-corrected chi connectivity index (χ0v) is 23.4. The molecule has 0 unspecified atom stereocenters. The van der Waals surface area contributed by atoms with Crippen molar-refractivity contribution in [2.24, 2.45) is 5.92 Å². The Balaban J connectivity index is 1.49. The number of ether oxygens (including phenoxy) is 1. The summed E-state index contributed by atoms with van der Waals surface area (Å²) >= 11 is 0. The van der Waals surface area contributed by atoms with Crippen molar-refractivity contribution in [3.63, 3.8) is 0 Å². The fourth-order valence-electron chi connectivity index (χ4n) is 4.94. The summed E-state index contributed by atoms with van der Waals surface area (Å²) in [5.41, 5.74) is 0.822. The van der Waals surface area contributed by atoms with Crippen LogP contribution in [0.1, 0.15) is 34.8 Å². The number of fused-ring (bicyclic) bond motifs is 1. The standard InChI is InChI=1S/C32H35N3O6/c1-22(8-7-11-29(37)35(18-19-36)21-23-9-5-4-6-10-23)32(40)27-20-25(14-17-28(27)34(2)31(32)39)33-30(38)24-12-15-26(41-3)16-13-24/h4-10,12-17,20,22,36,40H,11,18-19,21H2,1-3H3,(H,33,38)/b8-7+/t22-,32+/m0/s1. The van der Waals surface area contributed by atoms with Crippen molar-refractivity contribution in [3.05, 3.63) is 102 Å². The Morgan fingerprint density at radius 2 is 1.80 bits per heavy atom. The van der Waals surface area contributed by atoms with Crippen molar-refractivity contribution in [2.75, 3.05) is 37.5 Å². The van der Waals surface area contributed by atoms with E-state index in [0.717, 1.165) is 5.56 Å². The Kier molecular flexibility index (Phi) is 9.21. The molecule has 214 valence electrons. The molecule has 0 aliphatic carbocycles. The molecule has 0 radical (unpaired) electrons. The number of nitrogens with zero attached hydrogens (tertiary/aromatic N) is 2. The number of methoxy groups -OCH3 is 1. The molecule has 9 heteroatoms.